The van der Waals surface area contributed by atoms with Crippen molar-refractivity contribution in [1.82, 2.24) is 0 Å². The highest BCUT2D eigenvalue weighted by atomic mass is 32.2. The van der Waals surface area contributed by atoms with Crippen LogP contribution in [0.2, 0.25) is 0 Å². The molecule has 2 aliphatic heterocycles. The summed E-state index contributed by atoms with van der Waals surface area (Å²) in [5.41, 5.74) is 3.27. The number of halogens is 3. The maximum Gasteiger partial charge on any atom is 0.145 e. The monoisotopic (exact) mass is 375 g/mol. The van der Waals surface area contributed by atoms with Gasteiger partial charge in [0, 0.05) is 46.8 Å². The smallest absolute Gasteiger partial charge is 0.145 e. The van der Waals surface area contributed by atoms with Crippen LogP contribution in [0.1, 0.15) is 30.4 Å². The maximum atomic E-state index is 15.2. The molecule has 2 aliphatic rings. The minimum absolute atomic E-state index is 0.0145. The summed E-state index contributed by atoms with van der Waals surface area (Å²) >= 11 is 0. The Balaban J connectivity index is 1.90. The van der Waals surface area contributed by atoms with E-state index in [1.54, 1.807) is 0 Å². The van der Waals surface area contributed by atoms with Gasteiger partial charge in [0.05, 0.1) is 11.3 Å². The summed E-state index contributed by atoms with van der Waals surface area (Å²) in [5.74, 6) is -1.98. The summed E-state index contributed by atoms with van der Waals surface area (Å²) in [6, 6.07) is 2.13. The molecule has 138 valence electrons. The van der Waals surface area contributed by atoms with Crippen LogP contribution in [0.3, 0.4) is 0 Å². The largest absolute Gasteiger partial charge is 0.390 e. The minimum Gasteiger partial charge on any atom is -0.390 e. The van der Waals surface area contributed by atoms with Crippen LogP contribution in [0.25, 0.3) is 0 Å². The van der Waals surface area contributed by atoms with Gasteiger partial charge in [-0.25, -0.2) is 21.7 Å². The number of hydrogen-bond acceptors (Lipinski definition) is 5. The summed E-state index contributed by atoms with van der Waals surface area (Å²) < 4.78 is 60.3. The number of rotatable bonds is 3. The summed E-state index contributed by atoms with van der Waals surface area (Å²) in [6.45, 7) is 0.241. The molecule has 1 atom stereocenters. The molecule has 1 aromatic rings. The lowest BCUT2D eigenvalue weighted by atomic mass is 9.87. The van der Waals surface area contributed by atoms with Gasteiger partial charge in [-0.2, -0.15) is 0 Å². The molecule has 0 spiro atoms. The standard InChI is InChI=1S/C16H20F3N3O2S/c1-21-25(23)4-2-16(19,3-5-25)15-12(17)6-10(7-13(15)18)14-8-11(9-20)24-22-14/h6-7,11H,2-5,8-9,20H2,1H3/t11-,16?,25?/m1/s1. The third-order valence-electron chi connectivity index (χ3n) is 4.79. The van der Waals surface area contributed by atoms with Crippen molar-refractivity contribution in [2.45, 2.75) is 31.0 Å². The predicted octanol–water partition coefficient (Wildman–Crippen LogP) is 2.47. The second kappa shape index (κ2) is 6.60. The van der Waals surface area contributed by atoms with Gasteiger partial charge in [0.1, 0.15) is 23.4 Å². The van der Waals surface area contributed by atoms with Crippen molar-refractivity contribution in [3.63, 3.8) is 0 Å². The third-order valence-corrected chi connectivity index (χ3v) is 7.14. The molecule has 2 N–H and O–H groups in total. The first-order chi connectivity index (χ1) is 11.8. The van der Waals surface area contributed by atoms with E-state index in [9.17, 15) is 13.0 Å². The van der Waals surface area contributed by atoms with E-state index in [1.165, 1.54) is 7.05 Å². The zero-order chi connectivity index (χ0) is 18.2. The van der Waals surface area contributed by atoms with Gasteiger partial charge in [-0.05, 0) is 25.0 Å². The van der Waals surface area contributed by atoms with Crippen molar-refractivity contribution in [2.75, 3.05) is 25.1 Å². The molecule has 0 aliphatic carbocycles. The Hall–Kier alpha value is -1.61. The lowest BCUT2D eigenvalue weighted by Crippen LogP contribution is -2.35. The van der Waals surface area contributed by atoms with Crippen LogP contribution >= 0.6 is 0 Å². The Labute approximate surface area is 144 Å². The van der Waals surface area contributed by atoms with Crippen LogP contribution in [-0.2, 0) is 20.2 Å². The third kappa shape index (κ3) is 3.39. The summed E-state index contributed by atoms with van der Waals surface area (Å²) in [5, 5.41) is 3.79. The van der Waals surface area contributed by atoms with Gasteiger partial charge in [-0.3, -0.25) is 0 Å². The first kappa shape index (κ1) is 18.2. The molecule has 0 bridgehead atoms. The quantitative estimate of drug-likeness (QED) is 0.882. The highest BCUT2D eigenvalue weighted by Crippen LogP contribution is 2.41. The molecule has 5 nitrogen and oxygen atoms in total. The first-order valence-electron chi connectivity index (χ1n) is 8.02. The molecule has 2 heterocycles. The summed E-state index contributed by atoms with van der Waals surface area (Å²) in [6.07, 6.45) is -0.432. The lowest BCUT2D eigenvalue weighted by molar-refractivity contribution is 0.0918. The van der Waals surface area contributed by atoms with Crippen LogP contribution < -0.4 is 5.73 Å². The van der Waals surface area contributed by atoms with Crippen molar-refractivity contribution in [3.05, 3.63) is 34.9 Å². The van der Waals surface area contributed by atoms with Crippen molar-refractivity contribution in [1.29, 1.82) is 0 Å². The van der Waals surface area contributed by atoms with Gasteiger partial charge in [0.25, 0.3) is 0 Å². The highest BCUT2D eigenvalue weighted by molar-refractivity contribution is 7.93. The van der Waals surface area contributed by atoms with Gasteiger partial charge in [-0.15, -0.1) is 0 Å². The van der Waals surface area contributed by atoms with E-state index >= 15 is 4.39 Å². The summed E-state index contributed by atoms with van der Waals surface area (Å²) in [4.78, 5) is 5.05. The number of benzene rings is 1. The number of alkyl halides is 1. The zero-order valence-electron chi connectivity index (χ0n) is 13.8. The zero-order valence-corrected chi connectivity index (χ0v) is 14.6. The molecule has 1 saturated heterocycles. The fraction of sp³-hybridized carbons (Fsp3) is 0.562. The lowest BCUT2D eigenvalue weighted by Gasteiger charge is -2.32. The molecule has 0 aromatic heterocycles. The number of nitrogens with zero attached hydrogens (tertiary/aromatic N) is 2. The fourth-order valence-corrected chi connectivity index (χ4v) is 5.05. The average Bonchev–Trinajstić information content (AvgIpc) is 3.06. The van der Waals surface area contributed by atoms with E-state index in [0.29, 0.717) is 12.1 Å². The van der Waals surface area contributed by atoms with Gasteiger partial charge in [0.2, 0.25) is 0 Å². The van der Waals surface area contributed by atoms with E-state index in [1.807, 2.05) is 0 Å². The molecular weight excluding hydrogens is 355 g/mol. The van der Waals surface area contributed by atoms with E-state index in [-0.39, 0.29) is 42.6 Å². The van der Waals surface area contributed by atoms with Crippen LogP contribution in [0, 0.1) is 11.6 Å². The van der Waals surface area contributed by atoms with E-state index < -0.39 is 32.6 Å². The van der Waals surface area contributed by atoms with Crippen LogP contribution in [0.15, 0.2) is 21.7 Å². The fourth-order valence-electron chi connectivity index (χ4n) is 3.20. The van der Waals surface area contributed by atoms with E-state index in [2.05, 4.69) is 9.52 Å². The Kier molecular flexibility index (Phi) is 4.80. The molecule has 0 saturated carbocycles. The van der Waals surface area contributed by atoms with Gasteiger partial charge in [0.15, 0.2) is 0 Å². The van der Waals surface area contributed by atoms with Crippen LogP contribution in [-0.4, -0.2) is 41.1 Å². The Morgan fingerprint density at radius 3 is 2.44 bits per heavy atom. The normalized spacial score (nSPS) is 32.2. The predicted molar refractivity (Wildman–Crippen MR) is 89.7 cm³/mol. The van der Waals surface area contributed by atoms with Gasteiger partial charge < -0.3 is 10.6 Å². The van der Waals surface area contributed by atoms with Crippen molar-refractivity contribution in [2.24, 2.45) is 15.3 Å². The molecule has 25 heavy (non-hydrogen) atoms. The average molecular weight is 375 g/mol. The minimum atomic E-state index is -2.47. The van der Waals surface area contributed by atoms with Crippen LogP contribution in [0.4, 0.5) is 13.2 Å². The van der Waals surface area contributed by atoms with Gasteiger partial charge >= 0.3 is 0 Å². The topological polar surface area (TPSA) is 77.0 Å². The number of nitrogens with two attached hydrogens (primary N) is 1. The highest BCUT2D eigenvalue weighted by Gasteiger charge is 2.42. The van der Waals surface area contributed by atoms with Gasteiger partial charge in [-0.1, -0.05) is 5.16 Å². The van der Waals surface area contributed by atoms with Crippen molar-refractivity contribution in [3.8, 4) is 0 Å². The molecule has 0 radical (unpaired) electrons. The molecule has 0 amide bonds. The van der Waals surface area contributed by atoms with Crippen LogP contribution in [0.5, 0.6) is 0 Å². The molecule has 1 aromatic carbocycles. The second-order valence-electron chi connectivity index (χ2n) is 6.35. The molecule has 9 heteroatoms. The molecule has 1 fully saturated rings. The number of oxime groups is 1. The SMILES string of the molecule is CN=S1(=O)CCC(F)(c2c(F)cc(C3=NO[C@@H](CN)C3)cc2F)CC1. The Bertz CT molecular complexity index is 797. The summed E-state index contributed by atoms with van der Waals surface area (Å²) in [7, 11) is -1.05. The molecular formula is C16H20F3N3O2S. The Morgan fingerprint density at radius 2 is 1.96 bits per heavy atom. The maximum absolute atomic E-state index is 15.2. The van der Waals surface area contributed by atoms with E-state index in [4.69, 9.17) is 10.6 Å². The number of hydrogen-bond donors (Lipinski definition) is 1. The Morgan fingerprint density at radius 1 is 1.36 bits per heavy atom. The van der Waals surface area contributed by atoms with Crippen molar-refractivity contribution < 1.29 is 22.2 Å². The molecule has 0 unspecified atom stereocenters. The molecule has 3 rings (SSSR count). The second-order valence-corrected chi connectivity index (χ2v) is 9.08. The van der Waals surface area contributed by atoms with Crippen molar-refractivity contribution >= 4 is 15.4 Å². The van der Waals surface area contributed by atoms with E-state index in [0.717, 1.165) is 12.1 Å². The first-order valence-corrected chi connectivity index (χ1v) is 9.88.